The molecule has 4 aromatic carbocycles. The summed E-state index contributed by atoms with van der Waals surface area (Å²) >= 11 is 0. The smallest absolute Gasteiger partial charge is 0.271 e. The summed E-state index contributed by atoms with van der Waals surface area (Å²) in [5.74, 6) is 0.940. The third-order valence-corrected chi connectivity index (χ3v) is 5.85. The van der Waals surface area contributed by atoms with Crippen LogP contribution in [0.25, 0.3) is 21.5 Å². The number of hydrogen-bond acceptors (Lipinski definition) is 4. The van der Waals surface area contributed by atoms with Crippen LogP contribution in [0.2, 0.25) is 0 Å². The molecular weight excluding hydrogens is 436 g/mol. The Morgan fingerprint density at radius 2 is 1.34 bits per heavy atom. The van der Waals surface area contributed by atoms with Crippen LogP contribution < -0.4 is 14.9 Å². The minimum Gasteiger partial charge on any atom is -0.493 e. The van der Waals surface area contributed by atoms with Crippen LogP contribution in [-0.4, -0.2) is 25.3 Å². The summed E-state index contributed by atoms with van der Waals surface area (Å²) in [6.45, 7) is 5.43. The van der Waals surface area contributed by atoms with Gasteiger partial charge in [-0.15, -0.1) is 0 Å². The number of amides is 1. The predicted molar refractivity (Wildman–Crippen MR) is 144 cm³/mol. The van der Waals surface area contributed by atoms with Crippen LogP contribution in [0.15, 0.2) is 77.9 Å². The lowest BCUT2D eigenvalue weighted by Crippen LogP contribution is -2.18. The first kappa shape index (κ1) is 24.3. The summed E-state index contributed by atoms with van der Waals surface area (Å²) in [5.41, 5.74) is 4.11. The van der Waals surface area contributed by atoms with E-state index >= 15 is 0 Å². The number of ether oxygens (including phenoxy) is 2. The van der Waals surface area contributed by atoms with E-state index in [1.165, 1.54) is 0 Å². The lowest BCUT2D eigenvalue weighted by molar-refractivity contribution is 0.0954. The monoisotopic (exact) mass is 468 g/mol. The van der Waals surface area contributed by atoms with Gasteiger partial charge in [-0.1, -0.05) is 75.2 Å². The van der Waals surface area contributed by atoms with Crippen molar-refractivity contribution < 1.29 is 14.3 Å². The average molecular weight is 469 g/mol. The normalized spacial score (nSPS) is 11.3. The van der Waals surface area contributed by atoms with Crippen LogP contribution in [0.5, 0.6) is 11.5 Å². The fourth-order valence-electron chi connectivity index (χ4n) is 3.95. The maximum absolute atomic E-state index is 13.0. The zero-order chi connectivity index (χ0) is 24.5. The van der Waals surface area contributed by atoms with Gasteiger partial charge in [0.15, 0.2) is 0 Å². The molecule has 0 unspecified atom stereocenters. The molecule has 0 saturated carbocycles. The molecule has 0 atom stereocenters. The number of benzene rings is 4. The van der Waals surface area contributed by atoms with Gasteiger partial charge in [0, 0.05) is 17.2 Å². The van der Waals surface area contributed by atoms with Crippen molar-refractivity contribution >= 4 is 33.7 Å². The highest BCUT2D eigenvalue weighted by Crippen LogP contribution is 2.27. The van der Waals surface area contributed by atoms with E-state index in [0.29, 0.717) is 30.3 Å². The Morgan fingerprint density at radius 1 is 0.800 bits per heavy atom. The van der Waals surface area contributed by atoms with Gasteiger partial charge in [0.05, 0.1) is 19.4 Å². The van der Waals surface area contributed by atoms with Crippen LogP contribution in [-0.2, 0) is 0 Å². The lowest BCUT2D eigenvalue weighted by Gasteiger charge is -2.12. The van der Waals surface area contributed by atoms with Crippen LogP contribution >= 0.6 is 0 Å². The molecule has 0 spiro atoms. The van der Waals surface area contributed by atoms with Crippen molar-refractivity contribution in [1.29, 1.82) is 0 Å². The van der Waals surface area contributed by atoms with Crippen LogP contribution in [0.4, 0.5) is 0 Å². The van der Waals surface area contributed by atoms with Crippen molar-refractivity contribution in [2.24, 2.45) is 5.10 Å². The summed E-state index contributed by atoms with van der Waals surface area (Å²) in [4.78, 5) is 13.0. The van der Waals surface area contributed by atoms with Crippen molar-refractivity contribution in [2.75, 3.05) is 13.2 Å². The maximum atomic E-state index is 13.0. The predicted octanol–water partition coefficient (Wildman–Crippen LogP) is 7.11. The number of nitrogens with one attached hydrogen (secondary N) is 1. The first-order chi connectivity index (χ1) is 17.2. The quantitative estimate of drug-likeness (QED) is 0.110. The van der Waals surface area contributed by atoms with Crippen molar-refractivity contribution in [3.8, 4) is 11.5 Å². The second-order valence-corrected chi connectivity index (χ2v) is 8.53. The Morgan fingerprint density at radius 3 is 1.89 bits per heavy atom. The molecule has 5 nitrogen and oxygen atoms in total. The minimum absolute atomic E-state index is 0.313. The summed E-state index contributed by atoms with van der Waals surface area (Å²) in [7, 11) is 0. The highest BCUT2D eigenvalue weighted by molar-refractivity contribution is 6.13. The van der Waals surface area contributed by atoms with Gasteiger partial charge in [-0.2, -0.15) is 5.10 Å². The number of hydrazone groups is 1. The first-order valence-electron chi connectivity index (χ1n) is 12.3. The largest absolute Gasteiger partial charge is 0.493 e. The van der Waals surface area contributed by atoms with Gasteiger partial charge in [0.25, 0.3) is 5.91 Å². The molecule has 0 aliphatic carbocycles. The van der Waals surface area contributed by atoms with Gasteiger partial charge in [0.2, 0.25) is 0 Å². The Hall–Kier alpha value is -3.86. The molecule has 5 heteroatoms. The van der Waals surface area contributed by atoms with E-state index in [4.69, 9.17) is 9.47 Å². The van der Waals surface area contributed by atoms with E-state index in [1.807, 2.05) is 30.3 Å². The summed E-state index contributed by atoms with van der Waals surface area (Å²) < 4.78 is 11.7. The summed E-state index contributed by atoms with van der Waals surface area (Å²) in [5, 5.41) is 8.75. The second kappa shape index (κ2) is 12.0. The molecule has 1 N–H and O–H groups in total. The zero-order valence-electron chi connectivity index (χ0n) is 20.4. The molecule has 180 valence electrons. The van der Waals surface area contributed by atoms with Crippen molar-refractivity contribution in [1.82, 2.24) is 5.43 Å². The molecule has 0 radical (unpaired) electrons. The molecule has 0 fully saturated rings. The van der Waals surface area contributed by atoms with Crippen LogP contribution in [0.3, 0.4) is 0 Å². The Balaban J connectivity index is 1.57. The van der Waals surface area contributed by atoms with E-state index in [9.17, 15) is 4.79 Å². The third kappa shape index (κ3) is 6.18. The molecule has 0 bridgehead atoms. The summed E-state index contributed by atoms with van der Waals surface area (Å²) in [6, 6.07) is 23.9. The molecule has 0 aliphatic rings. The number of nitrogens with zero attached hydrogens (tertiary/aromatic N) is 1. The molecule has 1 amide bonds. The van der Waals surface area contributed by atoms with Gasteiger partial charge in [-0.3, -0.25) is 4.79 Å². The van der Waals surface area contributed by atoms with Gasteiger partial charge in [-0.25, -0.2) is 5.43 Å². The minimum atomic E-state index is -0.313. The van der Waals surface area contributed by atoms with Gasteiger partial charge in [0.1, 0.15) is 11.5 Å². The van der Waals surface area contributed by atoms with Gasteiger partial charge >= 0.3 is 0 Å². The standard InChI is InChI=1S/C30H32N2O3/c1-3-5-15-34-25-18-24(19-26(20-25)35-16-6-4-2)30(33)32-31-21-29-27-13-9-7-11-22(27)17-23-12-8-10-14-28(23)29/h7-14,17-21H,3-6,15-16H2,1-2H3,(H,32,33)/b31-21+. The van der Waals surface area contributed by atoms with Crippen molar-refractivity contribution in [2.45, 2.75) is 39.5 Å². The van der Waals surface area contributed by atoms with Crippen molar-refractivity contribution in [3.63, 3.8) is 0 Å². The molecule has 0 heterocycles. The number of carbonyl (C=O) groups excluding carboxylic acids is 1. The Bertz CT molecular complexity index is 1250. The molecule has 4 rings (SSSR count). The lowest BCUT2D eigenvalue weighted by atomic mass is 9.97. The molecule has 0 saturated heterocycles. The van der Waals surface area contributed by atoms with E-state index in [1.54, 1.807) is 18.3 Å². The average Bonchev–Trinajstić information content (AvgIpc) is 2.88. The highest BCUT2D eigenvalue weighted by atomic mass is 16.5. The summed E-state index contributed by atoms with van der Waals surface area (Å²) in [6.07, 6.45) is 5.70. The SMILES string of the molecule is CCCCOc1cc(OCCCC)cc(C(=O)N/N=C/c2c3ccccc3cc3ccccc23)c1. The van der Waals surface area contributed by atoms with Gasteiger partial charge < -0.3 is 9.47 Å². The van der Waals surface area contributed by atoms with Crippen LogP contribution in [0, 0.1) is 0 Å². The number of unbranched alkanes of at least 4 members (excludes halogenated alkanes) is 2. The topological polar surface area (TPSA) is 59.9 Å². The van der Waals surface area contributed by atoms with E-state index < -0.39 is 0 Å². The van der Waals surface area contributed by atoms with E-state index in [2.05, 4.69) is 54.7 Å². The molecule has 4 aromatic rings. The Kier molecular flexibility index (Phi) is 8.34. The Labute approximate surface area is 206 Å². The highest BCUT2D eigenvalue weighted by Gasteiger charge is 2.11. The second-order valence-electron chi connectivity index (χ2n) is 8.53. The number of rotatable bonds is 11. The van der Waals surface area contributed by atoms with Crippen molar-refractivity contribution in [3.05, 3.63) is 83.9 Å². The first-order valence-corrected chi connectivity index (χ1v) is 12.3. The van der Waals surface area contributed by atoms with E-state index in [-0.39, 0.29) is 5.91 Å². The van der Waals surface area contributed by atoms with Gasteiger partial charge in [-0.05, 0) is 52.6 Å². The fourth-order valence-corrected chi connectivity index (χ4v) is 3.95. The molecular formula is C30H32N2O3. The third-order valence-electron chi connectivity index (χ3n) is 5.85. The maximum Gasteiger partial charge on any atom is 0.271 e. The number of hydrogen-bond donors (Lipinski definition) is 1. The molecule has 0 aliphatic heterocycles. The number of fused-ring (bicyclic) bond motifs is 2. The molecule has 0 aromatic heterocycles. The van der Waals surface area contributed by atoms with Crippen LogP contribution in [0.1, 0.15) is 55.5 Å². The van der Waals surface area contributed by atoms with E-state index in [0.717, 1.165) is 52.8 Å². The zero-order valence-corrected chi connectivity index (χ0v) is 20.4. The molecule has 35 heavy (non-hydrogen) atoms. The fraction of sp³-hybridized carbons (Fsp3) is 0.267. The number of carbonyl (C=O) groups is 1.